The summed E-state index contributed by atoms with van der Waals surface area (Å²) in [4.78, 5) is 2.58. The normalized spacial score (nSPS) is 34.9. The van der Waals surface area contributed by atoms with E-state index in [0.29, 0.717) is 12.0 Å². The van der Waals surface area contributed by atoms with Crippen LogP contribution in [-0.4, -0.2) is 48.3 Å². The fraction of sp³-hybridized carbons (Fsp3) is 1.00. The summed E-state index contributed by atoms with van der Waals surface area (Å²) in [6.45, 7) is 10.2. The molecule has 2 fully saturated rings. The standard InChI is InChI=1S/C16H32N2O/c1-13(17-4)15(2,3)12-18-10-9-16(19)8-6-5-7-14(16)11-18/h13-14,17,19H,5-12H2,1-4H3. The summed E-state index contributed by atoms with van der Waals surface area (Å²) in [6.07, 6.45) is 5.74. The molecule has 1 heterocycles. The van der Waals surface area contributed by atoms with E-state index in [0.717, 1.165) is 32.5 Å². The summed E-state index contributed by atoms with van der Waals surface area (Å²) in [7, 11) is 2.04. The number of rotatable bonds is 4. The van der Waals surface area contributed by atoms with Gasteiger partial charge in [-0.1, -0.05) is 26.7 Å². The Morgan fingerprint density at radius 3 is 2.79 bits per heavy atom. The Bertz CT molecular complexity index is 305. The molecule has 0 bridgehead atoms. The second-order valence-corrected chi connectivity index (χ2v) is 7.53. The fourth-order valence-electron chi connectivity index (χ4n) is 3.89. The van der Waals surface area contributed by atoms with Gasteiger partial charge in [0.05, 0.1) is 5.60 Å². The average molecular weight is 268 g/mol. The van der Waals surface area contributed by atoms with E-state index in [9.17, 15) is 5.11 Å². The van der Waals surface area contributed by atoms with E-state index in [1.807, 2.05) is 7.05 Å². The minimum atomic E-state index is -0.340. The zero-order chi connectivity index (χ0) is 14.1. The largest absolute Gasteiger partial charge is 0.390 e. The monoisotopic (exact) mass is 268 g/mol. The van der Waals surface area contributed by atoms with Gasteiger partial charge in [-0.25, -0.2) is 0 Å². The van der Waals surface area contributed by atoms with Gasteiger partial charge in [-0.15, -0.1) is 0 Å². The molecule has 2 rings (SSSR count). The second-order valence-electron chi connectivity index (χ2n) is 7.53. The first kappa shape index (κ1) is 15.3. The summed E-state index contributed by atoms with van der Waals surface area (Å²) in [5.41, 5.74) is -0.0631. The molecule has 1 saturated heterocycles. The molecule has 0 aromatic carbocycles. The van der Waals surface area contributed by atoms with Gasteiger partial charge in [0.15, 0.2) is 0 Å². The highest BCUT2D eigenvalue weighted by atomic mass is 16.3. The maximum absolute atomic E-state index is 10.7. The predicted molar refractivity (Wildman–Crippen MR) is 80.3 cm³/mol. The molecule has 3 atom stereocenters. The maximum atomic E-state index is 10.7. The van der Waals surface area contributed by atoms with Crippen molar-refractivity contribution in [2.45, 2.75) is 64.5 Å². The minimum absolute atomic E-state index is 0.277. The number of hydrogen-bond donors (Lipinski definition) is 2. The SMILES string of the molecule is CNC(C)C(C)(C)CN1CCC2(O)CCCCC2C1. The molecule has 1 aliphatic heterocycles. The highest BCUT2D eigenvalue weighted by Gasteiger charge is 2.43. The Labute approximate surface area is 118 Å². The van der Waals surface area contributed by atoms with Crippen LogP contribution in [-0.2, 0) is 0 Å². The third-order valence-corrected chi connectivity index (χ3v) is 5.75. The topological polar surface area (TPSA) is 35.5 Å². The molecule has 0 aromatic heterocycles. The summed E-state index contributed by atoms with van der Waals surface area (Å²) in [5.74, 6) is 0.510. The van der Waals surface area contributed by atoms with E-state index in [1.165, 1.54) is 19.3 Å². The molecule has 1 saturated carbocycles. The van der Waals surface area contributed by atoms with Crippen LogP contribution in [0.3, 0.4) is 0 Å². The van der Waals surface area contributed by atoms with Gasteiger partial charge in [0.2, 0.25) is 0 Å². The lowest BCUT2D eigenvalue weighted by molar-refractivity contribution is -0.100. The van der Waals surface area contributed by atoms with Crippen LogP contribution in [0.5, 0.6) is 0 Å². The Kier molecular flexibility index (Phi) is 4.59. The summed E-state index contributed by atoms with van der Waals surface area (Å²) in [5, 5.41) is 14.1. The number of hydrogen-bond acceptors (Lipinski definition) is 3. The lowest BCUT2D eigenvalue weighted by atomic mass is 9.71. The van der Waals surface area contributed by atoms with Crippen LogP contribution in [0.1, 0.15) is 52.9 Å². The molecule has 0 spiro atoms. The van der Waals surface area contributed by atoms with Gasteiger partial charge < -0.3 is 15.3 Å². The number of fused-ring (bicyclic) bond motifs is 1. The van der Waals surface area contributed by atoms with Gasteiger partial charge in [-0.05, 0) is 38.6 Å². The predicted octanol–water partition coefficient (Wildman–Crippen LogP) is 2.25. The van der Waals surface area contributed by atoms with Crippen molar-refractivity contribution in [2.24, 2.45) is 11.3 Å². The quantitative estimate of drug-likeness (QED) is 0.821. The van der Waals surface area contributed by atoms with E-state index >= 15 is 0 Å². The molecule has 112 valence electrons. The second kappa shape index (κ2) is 5.71. The summed E-state index contributed by atoms with van der Waals surface area (Å²) >= 11 is 0. The van der Waals surface area contributed by atoms with Crippen molar-refractivity contribution in [3.8, 4) is 0 Å². The number of nitrogens with one attached hydrogen (secondary N) is 1. The Balaban J connectivity index is 1.94. The molecule has 2 aliphatic rings. The first-order valence-electron chi connectivity index (χ1n) is 7.99. The lowest BCUT2D eigenvalue weighted by Crippen LogP contribution is -2.56. The highest BCUT2D eigenvalue weighted by molar-refractivity contribution is 4.97. The smallest absolute Gasteiger partial charge is 0.0700 e. The van der Waals surface area contributed by atoms with E-state index in [1.54, 1.807) is 0 Å². The van der Waals surface area contributed by atoms with Gasteiger partial charge in [-0.2, -0.15) is 0 Å². The lowest BCUT2D eigenvalue weighted by Gasteiger charge is -2.49. The molecule has 3 nitrogen and oxygen atoms in total. The fourth-order valence-corrected chi connectivity index (χ4v) is 3.89. The van der Waals surface area contributed by atoms with E-state index < -0.39 is 0 Å². The van der Waals surface area contributed by atoms with Gasteiger partial charge in [-0.3, -0.25) is 0 Å². The van der Waals surface area contributed by atoms with Crippen LogP contribution in [0.4, 0.5) is 0 Å². The van der Waals surface area contributed by atoms with Crippen molar-refractivity contribution in [1.29, 1.82) is 0 Å². The molecule has 3 unspecified atom stereocenters. The number of piperidine rings is 1. The third-order valence-electron chi connectivity index (χ3n) is 5.75. The van der Waals surface area contributed by atoms with Crippen LogP contribution in [0.25, 0.3) is 0 Å². The zero-order valence-electron chi connectivity index (χ0n) is 13.2. The molecule has 2 N–H and O–H groups in total. The maximum Gasteiger partial charge on any atom is 0.0700 e. The van der Waals surface area contributed by atoms with Crippen LogP contribution in [0.15, 0.2) is 0 Å². The average Bonchev–Trinajstić information content (AvgIpc) is 2.37. The number of nitrogens with zero attached hydrogens (tertiary/aromatic N) is 1. The Morgan fingerprint density at radius 2 is 2.11 bits per heavy atom. The van der Waals surface area contributed by atoms with Crippen molar-refractivity contribution >= 4 is 0 Å². The van der Waals surface area contributed by atoms with Crippen molar-refractivity contribution in [3.05, 3.63) is 0 Å². The van der Waals surface area contributed by atoms with Crippen LogP contribution in [0.2, 0.25) is 0 Å². The third kappa shape index (κ3) is 3.32. The van der Waals surface area contributed by atoms with Crippen molar-refractivity contribution in [2.75, 3.05) is 26.7 Å². The molecule has 0 amide bonds. The van der Waals surface area contributed by atoms with Crippen LogP contribution in [0, 0.1) is 11.3 Å². The Morgan fingerprint density at radius 1 is 1.37 bits per heavy atom. The molecular weight excluding hydrogens is 236 g/mol. The van der Waals surface area contributed by atoms with Gasteiger partial charge in [0.1, 0.15) is 0 Å². The summed E-state index contributed by atoms with van der Waals surface area (Å²) < 4.78 is 0. The highest BCUT2D eigenvalue weighted by Crippen LogP contribution is 2.40. The van der Waals surface area contributed by atoms with E-state index in [4.69, 9.17) is 0 Å². The van der Waals surface area contributed by atoms with Gasteiger partial charge in [0, 0.05) is 31.6 Å². The Hall–Kier alpha value is -0.120. The van der Waals surface area contributed by atoms with Crippen molar-refractivity contribution < 1.29 is 5.11 Å². The molecular formula is C16H32N2O. The minimum Gasteiger partial charge on any atom is -0.390 e. The molecule has 1 aliphatic carbocycles. The van der Waals surface area contributed by atoms with E-state index in [-0.39, 0.29) is 11.0 Å². The van der Waals surface area contributed by atoms with Crippen LogP contribution >= 0.6 is 0 Å². The number of likely N-dealkylation sites (tertiary alicyclic amines) is 1. The first-order chi connectivity index (χ1) is 8.87. The molecule has 0 radical (unpaired) electrons. The molecule has 19 heavy (non-hydrogen) atoms. The summed E-state index contributed by atoms with van der Waals surface area (Å²) in [6, 6.07) is 0.514. The number of aliphatic hydroxyl groups is 1. The van der Waals surface area contributed by atoms with Gasteiger partial charge in [0.25, 0.3) is 0 Å². The van der Waals surface area contributed by atoms with Crippen LogP contribution < -0.4 is 5.32 Å². The zero-order valence-corrected chi connectivity index (χ0v) is 13.2. The van der Waals surface area contributed by atoms with Crippen molar-refractivity contribution in [3.63, 3.8) is 0 Å². The van der Waals surface area contributed by atoms with Crippen molar-refractivity contribution in [1.82, 2.24) is 10.2 Å². The molecule has 0 aromatic rings. The van der Waals surface area contributed by atoms with E-state index in [2.05, 4.69) is 31.0 Å². The van der Waals surface area contributed by atoms with Gasteiger partial charge >= 0.3 is 0 Å². The molecule has 3 heteroatoms. The first-order valence-corrected chi connectivity index (χ1v) is 7.99.